The van der Waals surface area contributed by atoms with E-state index < -0.39 is 23.2 Å². The molecule has 5 nitrogen and oxygen atoms in total. The van der Waals surface area contributed by atoms with Gasteiger partial charge in [-0.2, -0.15) is 18.4 Å². The van der Waals surface area contributed by atoms with Gasteiger partial charge in [-0.1, -0.05) is 6.07 Å². The minimum absolute atomic E-state index is 0.184. The third-order valence-corrected chi connectivity index (χ3v) is 3.72. The lowest BCUT2D eigenvalue weighted by Gasteiger charge is -2.09. The molecule has 0 bridgehead atoms. The number of hydrogen-bond acceptors (Lipinski definition) is 4. The van der Waals surface area contributed by atoms with Gasteiger partial charge in [0.05, 0.1) is 17.2 Å². The average molecular weight is 383 g/mol. The number of nitriles is 1. The maximum absolute atomic E-state index is 13.1. The molecule has 140 valence electrons. The number of aromatic nitrogens is 1. The zero-order valence-electron chi connectivity index (χ0n) is 14.2. The molecule has 2 aromatic heterocycles. The molecule has 0 atom stereocenters. The molecule has 0 aliphatic heterocycles. The van der Waals surface area contributed by atoms with Crippen molar-refractivity contribution in [3.63, 3.8) is 0 Å². The molecule has 3 rings (SSSR count). The number of carbonyl (C=O) groups is 1. The van der Waals surface area contributed by atoms with Gasteiger partial charge in [0.1, 0.15) is 17.2 Å². The molecule has 0 aliphatic carbocycles. The molecule has 0 spiro atoms. The number of nitrogens with one attached hydrogen (secondary N) is 1. The number of amides is 1. The molecule has 0 fully saturated rings. The number of halogens is 3. The van der Waals surface area contributed by atoms with Gasteiger partial charge in [-0.15, -0.1) is 0 Å². The summed E-state index contributed by atoms with van der Waals surface area (Å²) in [6, 6.07) is 12.8. The van der Waals surface area contributed by atoms with Crippen molar-refractivity contribution in [1.82, 2.24) is 10.3 Å². The molecule has 1 aromatic carbocycles. The van der Waals surface area contributed by atoms with Crippen molar-refractivity contribution in [2.75, 3.05) is 0 Å². The van der Waals surface area contributed by atoms with E-state index in [0.717, 1.165) is 12.1 Å². The third-order valence-electron chi connectivity index (χ3n) is 3.72. The lowest BCUT2D eigenvalue weighted by molar-refractivity contribution is -0.137. The van der Waals surface area contributed by atoms with Gasteiger partial charge in [-0.05, 0) is 48.5 Å². The van der Waals surface area contributed by atoms with Crippen LogP contribution in [0.3, 0.4) is 0 Å². The lowest BCUT2D eigenvalue weighted by Crippen LogP contribution is -2.17. The molecule has 0 aliphatic rings. The fourth-order valence-electron chi connectivity index (χ4n) is 2.40. The second-order valence-corrected chi connectivity index (χ2v) is 5.59. The summed E-state index contributed by atoms with van der Waals surface area (Å²) in [7, 11) is 0. The zero-order chi connectivity index (χ0) is 20.1. The van der Waals surface area contributed by atoms with Gasteiger partial charge in [0.2, 0.25) is 0 Å². The quantitative estimate of drug-likeness (QED) is 0.712. The van der Waals surface area contributed by atoms with Crippen molar-refractivity contribution in [3.8, 4) is 17.4 Å². The average Bonchev–Trinajstić information content (AvgIpc) is 3.16. The Balaban J connectivity index is 1.76. The predicted octanol–water partition coefficient (Wildman–Crippen LogP) is 4.63. The van der Waals surface area contributed by atoms with E-state index in [2.05, 4.69) is 10.3 Å². The van der Waals surface area contributed by atoms with Crippen molar-refractivity contribution >= 4 is 12.0 Å². The van der Waals surface area contributed by atoms with Crippen LogP contribution in [0.1, 0.15) is 27.4 Å². The number of alkyl halides is 3. The summed E-state index contributed by atoms with van der Waals surface area (Å²) in [5.41, 5.74) is -1.06. The van der Waals surface area contributed by atoms with Crippen molar-refractivity contribution in [1.29, 1.82) is 5.26 Å². The van der Waals surface area contributed by atoms with Crippen LogP contribution in [0.5, 0.6) is 0 Å². The molecule has 1 amide bonds. The maximum atomic E-state index is 13.1. The first kappa shape index (κ1) is 18.9. The van der Waals surface area contributed by atoms with Gasteiger partial charge in [0.15, 0.2) is 0 Å². The van der Waals surface area contributed by atoms with Gasteiger partial charge in [-0.3, -0.25) is 9.78 Å². The van der Waals surface area contributed by atoms with Gasteiger partial charge in [-0.25, -0.2) is 0 Å². The van der Waals surface area contributed by atoms with Crippen LogP contribution < -0.4 is 5.32 Å². The van der Waals surface area contributed by atoms with Crippen LogP contribution in [0.2, 0.25) is 0 Å². The van der Waals surface area contributed by atoms with Gasteiger partial charge in [0, 0.05) is 18.0 Å². The number of furan rings is 1. The lowest BCUT2D eigenvalue weighted by atomic mass is 10.0. The smallest absolute Gasteiger partial charge is 0.417 e. The van der Waals surface area contributed by atoms with Crippen molar-refractivity contribution in [2.45, 2.75) is 6.18 Å². The van der Waals surface area contributed by atoms with Gasteiger partial charge >= 0.3 is 6.18 Å². The van der Waals surface area contributed by atoms with Crippen molar-refractivity contribution < 1.29 is 22.4 Å². The van der Waals surface area contributed by atoms with E-state index in [4.69, 9.17) is 9.68 Å². The van der Waals surface area contributed by atoms with Crippen LogP contribution in [0.15, 0.2) is 65.3 Å². The Morgan fingerprint density at radius 1 is 1.18 bits per heavy atom. The number of rotatable bonds is 4. The molecule has 0 saturated heterocycles. The third kappa shape index (κ3) is 4.27. The van der Waals surface area contributed by atoms with Crippen LogP contribution in [0.25, 0.3) is 17.4 Å². The van der Waals surface area contributed by atoms with Crippen molar-refractivity contribution in [2.24, 2.45) is 0 Å². The number of hydrogen-bond donors (Lipinski definition) is 1. The molecule has 3 aromatic rings. The minimum atomic E-state index is -4.65. The molecule has 2 heterocycles. The minimum Gasteiger partial charge on any atom is -0.457 e. The highest BCUT2D eigenvalue weighted by atomic mass is 19.4. The Morgan fingerprint density at radius 3 is 2.68 bits per heavy atom. The van der Waals surface area contributed by atoms with Crippen LogP contribution >= 0.6 is 0 Å². The predicted molar refractivity (Wildman–Crippen MR) is 94.6 cm³/mol. The van der Waals surface area contributed by atoms with Gasteiger partial charge < -0.3 is 9.73 Å². The number of nitrogens with zero attached hydrogens (tertiary/aromatic N) is 2. The molecule has 28 heavy (non-hydrogen) atoms. The Kier molecular flexibility index (Phi) is 5.27. The summed E-state index contributed by atoms with van der Waals surface area (Å²) in [6.07, 6.45) is -0.353. The van der Waals surface area contributed by atoms with Crippen LogP contribution in [0.4, 0.5) is 13.2 Å². The second-order valence-electron chi connectivity index (χ2n) is 5.59. The molecule has 0 saturated carbocycles. The van der Waals surface area contributed by atoms with E-state index in [9.17, 15) is 18.0 Å². The van der Waals surface area contributed by atoms with E-state index in [1.807, 2.05) is 0 Å². The molecule has 0 unspecified atom stereocenters. The maximum Gasteiger partial charge on any atom is 0.417 e. The number of carbonyl (C=O) groups excluding carboxylic acids is 1. The van der Waals surface area contributed by atoms with Crippen LogP contribution in [0, 0.1) is 11.3 Å². The monoisotopic (exact) mass is 383 g/mol. The fraction of sp³-hybridized carbons (Fsp3) is 0.0500. The normalized spacial score (nSPS) is 11.4. The summed E-state index contributed by atoms with van der Waals surface area (Å²) in [4.78, 5) is 15.8. The summed E-state index contributed by atoms with van der Waals surface area (Å²) in [6.45, 7) is 0. The van der Waals surface area contributed by atoms with E-state index in [1.54, 1.807) is 24.3 Å². The van der Waals surface area contributed by atoms with Crippen molar-refractivity contribution in [3.05, 3.63) is 83.5 Å². The number of benzene rings is 1. The Hall–Kier alpha value is -3.86. The molecule has 0 radical (unpaired) electrons. The largest absolute Gasteiger partial charge is 0.457 e. The molecule has 1 N–H and O–H groups in total. The van der Waals surface area contributed by atoms with E-state index in [1.165, 1.54) is 36.7 Å². The first-order chi connectivity index (χ1) is 13.4. The molecule has 8 heteroatoms. The zero-order valence-corrected chi connectivity index (χ0v) is 14.2. The topological polar surface area (TPSA) is 78.9 Å². The highest BCUT2D eigenvalue weighted by molar-refractivity contribution is 5.93. The summed E-state index contributed by atoms with van der Waals surface area (Å²) >= 11 is 0. The summed E-state index contributed by atoms with van der Waals surface area (Å²) in [5, 5.41) is 11.4. The molecular weight excluding hydrogens is 371 g/mol. The van der Waals surface area contributed by atoms with E-state index in [0.29, 0.717) is 5.76 Å². The SMILES string of the molecule is N#Cc1ccc(-c2ccc(C=CNC(=O)c3ccccn3)o2)cc1C(F)(F)F. The summed E-state index contributed by atoms with van der Waals surface area (Å²) in [5.74, 6) is 0.116. The van der Waals surface area contributed by atoms with E-state index in [-0.39, 0.29) is 17.0 Å². The second kappa shape index (κ2) is 7.80. The fourth-order valence-corrected chi connectivity index (χ4v) is 2.40. The highest BCUT2D eigenvalue weighted by Gasteiger charge is 2.34. The van der Waals surface area contributed by atoms with Crippen LogP contribution in [-0.4, -0.2) is 10.9 Å². The molecular formula is C20H12F3N3O2. The Labute approximate surface area is 157 Å². The standard InChI is InChI=1S/C20H12F3N3O2/c21-20(22,23)16-11-13(4-5-14(16)12-24)18-7-6-15(28-18)8-10-26-19(27)17-3-1-2-9-25-17/h1-11H,(H,26,27). The highest BCUT2D eigenvalue weighted by Crippen LogP contribution is 2.35. The first-order valence-corrected chi connectivity index (χ1v) is 7.98. The number of pyridine rings is 1. The Bertz CT molecular complexity index is 1060. The van der Waals surface area contributed by atoms with Gasteiger partial charge in [0.25, 0.3) is 5.91 Å². The first-order valence-electron chi connectivity index (χ1n) is 7.98. The van der Waals surface area contributed by atoms with E-state index >= 15 is 0 Å². The van der Waals surface area contributed by atoms with Crippen LogP contribution in [-0.2, 0) is 6.18 Å². The Morgan fingerprint density at radius 2 is 2.00 bits per heavy atom. The summed E-state index contributed by atoms with van der Waals surface area (Å²) < 4.78 is 44.7.